The van der Waals surface area contributed by atoms with Gasteiger partial charge in [-0.25, -0.2) is 0 Å². The molecule has 0 fully saturated rings. The minimum Gasteiger partial charge on any atom is -0.507 e. The molecule has 0 saturated carbocycles. The fourth-order valence-electron chi connectivity index (χ4n) is 1.76. The van der Waals surface area contributed by atoms with Crippen molar-refractivity contribution in [1.82, 2.24) is 4.90 Å². The third kappa shape index (κ3) is 2.71. The Labute approximate surface area is 117 Å². The van der Waals surface area contributed by atoms with Gasteiger partial charge in [0.05, 0.1) is 10.6 Å². The molecule has 3 nitrogen and oxygen atoms in total. The minimum atomic E-state index is -0.241. The van der Waals surface area contributed by atoms with E-state index in [1.807, 2.05) is 12.1 Å². The molecule has 0 atom stereocenters. The summed E-state index contributed by atoms with van der Waals surface area (Å²) >= 11 is 6.05. The van der Waals surface area contributed by atoms with Crippen LogP contribution in [0.3, 0.4) is 0 Å². The van der Waals surface area contributed by atoms with Crippen molar-refractivity contribution in [1.29, 1.82) is 0 Å². The average molecular weight is 275 g/mol. The number of phenolic OH excluding ortho intramolecular Hbond substituents is 1. The van der Waals surface area contributed by atoms with Crippen LogP contribution in [0, 0.1) is 6.07 Å². The molecule has 19 heavy (non-hydrogen) atoms. The number of hydrogen-bond donors (Lipinski definition) is 1. The van der Waals surface area contributed by atoms with Gasteiger partial charge in [-0.05, 0) is 17.7 Å². The Morgan fingerprint density at radius 3 is 2.63 bits per heavy atom. The molecule has 0 aliphatic carbocycles. The Hall–Kier alpha value is -2.00. The summed E-state index contributed by atoms with van der Waals surface area (Å²) in [5.74, 6) is -0.300. The number of aromatic hydroxyl groups is 1. The molecule has 2 rings (SSSR count). The van der Waals surface area contributed by atoms with Gasteiger partial charge in [0, 0.05) is 25.7 Å². The molecule has 2 aromatic carbocycles. The fraction of sp³-hybridized carbons (Fsp3) is 0.133. The summed E-state index contributed by atoms with van der Waals surface area (Å²) < 4.78 is 0. The van der Waals surface area contributed by atoms with Crippen molar-refractivity contribution >= 4 is 17.5 Å². The highest BCUT2D eigenvalue weighted by atomic mass is 35.5. The van der Waals surface area contributed by atoms with Gasteiger partial charge in [0.2, 0.25) is 0 Å². The van der Waals surface area contributed by atoms with Crippen molar-refractivity contribution in [3.63, 3.8) is 0 Å². The van der Waals surface area contributed by atoms with Crippen molar-refractivity contribution in [2.24, 2.45) is 0 Å². The van der Waals surface area contributed by atoms with Crippen molar-refractivity contribution in [3.8, 4) is 16.9 Å². The number of carbonyl (C=O) groups excluding carboxylic acids is 1. The molecule has 1 N–H and O–H groups in total. The zero-order chi connectivity index (χ0) is 14.0. The number of rotatable bonds is 2. The molecule has 0 aromatic heterocycles. The summed E-state index contributed by atoms with van der Waals surface area (Å²) in [4.78, 5) is 13.2. The van der Waals surface area contributed by atoms with E-state index in [4.69, 9.17) is 11.6 Å². The van der Waals surface area contributed by atoms with E-state index in [1.165, 1.54) is 11.0 Å². The Morgan fingerprint density at radius 2 is 2.05 bits per heavy atom. The monoisotopic (exact) mass is 274 g/mol. The number of amides is 1. The van der Waals surface area contributed by atoms with Gasteiger partial charge in [0.25, 0.3) is 5.91 Å². The first kappa shape index (κ1) is 13.4. The first-order chi connectivity index (χ1) is 9.00. The van der Waals surface area contributed by atoms with E-state index in [2.05, 4.69) is 6.07 Å². The van der Waals surface area contributed by atoms with E-state index in [9.17, 15) is 9.90 Å². The normalized spacial score (nSPS) is 10.3. The molecule has 0 aliphatic rings. The van der Waals surface area contributed by atoms with E-state index >= 15 is 0 Å². The Bertz CT molecular complexity index is 623. The molecule has 4 heteroatoms. The zero-order valence-corrected chi connectivity index (χ0v) is 11.4. The van der Waals surface area contributed by atoms with Gasteiger partial charge < -0.3 is 10.0 Å². The Kier molecular flexibility index (Phi) is 3.76. The molecule has 2 aromatic rings. The molecule has 0 heterocycles. The topological polar surface area (TPSA) is 40.5 Å². The standard InChI is InChI=1S/C15H13ClNO2/c1-17(2)15(19)12-8-7-10(9-14(12)18)11-5-3-4-6-13(11)16/h3-5,7-9,18H,1-2H3. The number of hydrogen-bond acceptors (Lipinski definition) is 2. The van der Waals surface area contributed by atoms with Crippen LogP contribution in [0.2, 0.25) is 5.02 Å². The number of benzene rings is 2. The predicted molar refractivity (Wildman–Crippen MR) is 75.4 cm³/mol. The SMILES string of the molecule is CN(C)C(=O)c1ccc(-c2ccc[c]c2Cl)cc1O. The summed E-state index contributed by atoms with van der Waals surface area (Å²) in [5.41, 5.74) is 1.78. The lowest BCUT2D eigenvalue weighted by Gasteiger charge is -2.12. The largest absolute Gasteiger partial charge is 0.507 e. The van der Waals surface area contributed by atoms with E-state index in [0.717, 1.165) is 11.1 Å². The number of halogens is 1. The van der Waals surface area contributed by atoms with Crippen molar-refractivity contribution in [3.05, 3.63) is 53.1 Å². The zero-order valence-electron chi connectivity index (χ0n) is 10.6. The van der Waals surface area contributed by atoms with Crippen LogP contribution >= 0.6 is 11.6 Å². The molecule has 0 spiro atoms. The van der Waals surface area contributed by atoms with Crippen LogP contribution < -0.4 is 0 Å². The highest BCUT2D eigenvalue weighted by Crippen LogP contribution is 2.31. The fourth-order valence-corrected chi connectivity index (χ4v) is 2.00. The lowest BCUT2D eigenvalue weighted by atomic mass is 10.0. The molecule has 0 saturated heterocycles. The lowest BCUT2D eigenvalue weighted by Crippen LogP contribution is -2.21. The van der Waals surface area contributed by atoms with Crippen molar-refractivity contribution in [2.45, 2.75) is 0 Å². The quantitative estimate of drug-likeness (QED) is 0.913. The predicted octanol–water partition coefficient (Wildman–Crippen LogP) is 3.21. The summed E-state index contributed by atoms with van der Waals surface area (Å²) in [6, 6.07) is 13.1. The summed E-state index contributed by atoms with van der Waals surface area (Å²) in [6.07, 6.45) is 0. The van der Waals surface area contributed by atoms with Crippen LogP contribution in [0.25, 0.3) is 11.1 Å². The summed E-state index contributed by atoms with van der Waals surface area (Å²) in [5, 5.41) is 10.4. The average Bonchev–Trinajstić information content (AvgIpc) is 2.38. The number of nitrogens with zero attached hydrogens (tertiary/aromatic N) is 1. The maximum atomic E-state index is 11.8. The van der Waals surface area contributed by atoms with Gasteiger partial charge in [-0.1, -0.05) is 35.9 Å². The van der Waals surface area contributed by atoms with Gasteiger partial charge in [-0.15, -0.1) is 0 Å². The maximum absolute atomic E-state index is 11.8. The molecule has 1 radical (unpaired) electrons. The van der Waals surface area contributed by atoms with Gasteiger partial charge in [0.15, 0.2) is 0 Å². The maximum Gasteiger partial charge on any atom is 0.257 e. The molecule has 0 aliphatic heterocycles. The number of phenols is 1. The van der Waals surface area contributed by atoms with Gasteiger partial charge in [-0.3, -0.25) is 4.79 Å². The summed E-state index contributed by atoms with van der Waals surface area (Å²) in [6.45, 7) is 0. The van der Waals surface area contributed by atoms with Gasteiger partial charge in [-0.2, -0.15) is 0 Å². The van der Waals surface area contributed by atoms with E-state index in [1.54, 1.807) is 32.3 Å². The van der Waals surface area contributed by atoms with Crippen LogP contribution in [0.4, 0.5) is 0 Å². The lowest BCUT2D eigenvalue weighted by molar-refractivity contribution is 0.0824. The highest BCUT2D eigenvalue weighted by Gasteiger charge is 2.14. The van der Waals surface area contributed by atoms with Crippen LogP contribution in [-0.2, 0) is 0 Å². The number of carbonyl (C=O) groups is 1. The van der Waals surface area contributed by atoms with Crippen LogP contribution in [0.5, 0.6) is 5.75 Å². The van der Waals surface area contributed by atoms with Gasteiger partial charge >= 0.3 is 0 Å². The van der Waals surface area contributed by atoms with E-state index < -0.39 is 0 Å². The first-order valence-corrected chi connectivity index (χ1v) is 6.09. The molecule has 1 amide bonds. The van der Waals surface area contributed by atoms with Crippen molar-refractivity contribution < 1.29 is 9.90 Å². The Morgan fingerprint density at radius 1 is 1.32 bits per heavy atom. The van der Waals surface area contributed by atoms with Crippen LogP contribution in [0.15, 0.2) is 36.4 Å². The van der Waals surface area contributed by atoms with E-state index in [-0.39, 0.29) is 17.2 Å². The highest BCUT2D eigenvalue weighted by molar-refractivity contribution is 6.33. The third-order valence-corrected chi connectivity index (χ3v) is 3.06. The third-order valence-electron chi connectivity index (χ3n) is 2.75. The molecular weight excluding hydrogens is 262 g/mol. The second-order valence-corrected chi connectivity index (χ2v) is 4.71. The van der Waals surface area contributed by atoms with Crippen LogP contribution in [0.1, 0.15) is 10.4 Å². The summed E-state index contributed by atoms with van der Waals surface area (Å²) in [7, 11) is 3.28. The van der Waals surface area contributed by atoms with Crippen molar-refractivity contribution in [2.75, 3.05) is 14.1 Å². The molecule has 97 valence electrons. The molecular formula is C15H13ClNO2. The molecule has 0 bridgehead atoms. The smallest absolute Gasteiger partial charge is 0.257 e. The van der Waals surface area contributed by atoms with Crippen LogP contribution in [-0.4, -0.2) is 30.0 Å². The second-order valence-electron chi connectivity index (χ2n) is 4.33. The minimum absolute atomic E-state index is 0.0591. The van der Waals surface area contributed by atoms with E-state index in [0.29, 0.717) is 5.02 Å². The van der Waals surface area contributed by atoms with Gasteiger partial charge in [0.1, 0.15) is 5.75 Å². The second kappa shape index (κ2) is 5.33. The first-order valence-electron chi connectivity index (χ1n) is 5.72. The Balaban J connectivity index is 2.45. The molecule has 0 unspecified atom stereocenters.